The Bertz CT molecular complexity index is 1060. The van der Waals surface area contributed by atoms with Gasteiger partial charge in [0.05, 0.1) is 29.3 Å². The fraction of sp³-hybridized carbons (Fsp3) is 0.417. The maximum absolute atomic E-state index is 13.0. The summed E-state index contributed by atoms with van der Waals surface area (Å²) >= 11 is 0. The van der Waals surface area contributed by atoms with Gasteiger partial charge in [0.2, 0.25) is 10.0 Å². The first kappa shape index (κ1) is 24.9. The molecule has 1 fully saturated rings. The van der Waals surface area contributed by atoms with E-state index in [4.69, 9.17) is 9.47 Å². The second-order valence-corrected chi connectivity index (χ2v) is 10.1. The Kier molecular flexibility index (Phi) is 8.23. The molecule has 1 heterocycles. The van der Waals surface area contributed by atoms with Crippen molar-refractivity contribution in [1.29, 1.82) is 0 Å². The normalized spacial score (nSPS) is 19.1. The van der Waals surface area contributed by atoms with E-state index in [-0.39, 0.29) is 36.1 Å². The van der Waals surface area contributed by atoms with Gasteiger partial charge in [0.15, 0.2) is 0 Å². The van der Waals surface area contributed by atoms with Crippen molar-refractivity contribution in [2.24, 2.45) is 0 Å². The Balaban J connectivity index is 1.63. The number of esters is 1. The molecule has 0 aromatic heterocycles. The van der Waals surface area contributed by atoms with Crippen molar-refractivity contribution >= 4 is 27.6 Å². The molecule has 178 valence electrons. The van der Waals surface area contributed by atoms with Crippen molar-refractivity contribution in [3.8, 4) is 0 Å². The lowest BCUT2D eigenvalue weighted by molar-refractivity contribution is -0.0440. The van der Waals surface area contributed by atoms with Gasteiger partial charge in [-0.25, -0.2) is 13.2 Å². The van der Waals surface area contributed by atoms with Gasteiger partial charge in [0.25, 0.3) is 5.91 Å². The summed E-state index contributed by atoms with van der Waals surface area (Å²) in [7, 11) is -3.67. The third kappa shape index (κ3) is 6.40. The summed E-state index contributed by atoms with van der Waals surface area (Å²) in [6.45, 7) is 6.65. The standard InChI is InChI=1S/C24H30N2O6S/c1-4-5-14-31-24(28)20-6-10-21(11-7-20)25-23(27)19-8-12-22(13-9-19)33(29,30)26-15-17(2)32-18(3)16-26/h6-13,17-18H,4-5,14-16H2,1-3H3,(H,25,27). The summed E-state index contributed by atoms with van der Waals surface area (Å²) in [6.07, 6.45) is 1.39. The second-order valence-electron chi connectivity index (χ2n) is 8.12. The maximum atomic E-state index is 13.0. The van der Waals surface area contributed by atoms with E-state index in [2.05, 4.69) is 5.32 Å². The van der Waals surface area contributed by atoms with Crippen LogP contribution in [-0.2, 0) is 19.5 Å². The predicted molar refractivity (Wildman–Crippen MR) is 125 cm³/mol. The van der Waals surface area contributed by atoms with E-state index >= 15 is 0 Å². The van der Waals surface area contributed by atoms with Gasteiger partial charge in [-0.05, 0) is 68.8 Å². The van der Waals surface area contributed by atoms with Gasteiger partial charge in [-0.3, -0.25) is 4.79 Å². The molecule has 0 spiro atoms. The van der Waals surface area contributed by atoms with E-state index in [0.29, 0.717) is 23.4 Å². The number of carbonyl (C=O) groups is 2. The highest BCUT2D eigenvalue weighted by Crippen LogP contribution is 2.22. The number of hydrogen-bond acceptors (Lipinski definition) is 6. The number of amides is 1. The van der Waals surface area contributed by atoms with E-state index in [1.165, 1.54) is 28.6 Å². The van der Waals surface area contributed by atoms with Gasteiger partial charge in [-0.1, -0.05) is 13.3 Å². The Morgan fingerprint density at radius 3 is 2.15 bits per heavy atom. The van der Waals surface area contributed by atoms with Crippen LogP contribution in [0.2, 0.25) is 0 Å². The molecule has 0 saturated carbocycles. The molecule has 0 radical (unpaired) electrons. The minimum Gasteiger partial charge on any atom is -0.462 e. The molecule has 1 aliphatic heterocycles. The van der Waals surface area contributed by atoms with Gasteiger partial charge in [-0.15, -0.1) is 0 Å². The largest absolute Gasteiger partial charge is 0.462 e. The fourth-order valence-electron chi connectivity index (χ4n) is 3.54. The molecule has 2 atom stereocenters. The average molecular weight is 475 g/mol. The molecule has 2 aromatic carbocycles. The third-order valence-electron chi connectivity index (χ3n) is 5.25. The Hall–Kier alpha value is -2.75. The quantitative estimate of drug-likeness (QED) is 0.462. The summed E-state index contributed by atoms with van der Waals surface area (Å²) < 4.78 is 38.1. The van der Waals surface area contributed by atoms with Crippen molar-refractivity contribution in [3.63, 3.8) is 0 Å². The molecule has 33 heavy (non-hydrogen) atoms. The highest BCUT2D eigenvalue weighted by molar-refractivity contribution is 7.89. The minimum absolute atomic E-state index is 0.131. The van der Waals surface area contributed by atoms with Crippen LogP contribution in [0.25, 0.3) is 0 Å². The van der Waals surface area contributed by atoms with Crippen LogP contribution in [-0.4, -0.2) is 56.5 Å². The molecule has 0 bridgehead atoms. The molecule has 1 aliphatic rings. The monoisotopic (exact) mass is 474 g/mol. The molecular weight excluding hydrogens is 444 g/mol. The smallest absolute Gasteiger partial charge is 0.338 e. The number of ether oxygens (including phenoxy) is 2. The van der Waals surface area contributed by atoms with E-state index < -0.39 is 16.0 Å². The van der Waals surface area contributed by atoms with Crippen LogP contribution >= 0.6 is 0 Å². The summed E-state index contributed by atoms with van der Waals surface area (Å²) in [5.41, 5.74) is 1.24. The van der Waals surface area contributed by atoms with E-state index in [1.54, 1.807) is 24.3 Å². The van der Waals surface area contributed by atoms with Crippen molar-refractivity contribution in [2.75, 3.05) is 25.0 Å². The SMILES string of the molecule is CCCCOC(=O)c1ccc(NC(=O)c2ccc(S(=O)(=O)N3CC(C)OC(C)C3)cc2)cc1. The zero-order valence-corrected chi connectivity index (χ0v) is 19.9. The van der Waals surface area contributed by atoms with Crippen LogP contribution in [0.5, 0.6) is 0 Å². The number of hydrogen-bond donors (Lipinski definition) is 1. The average Bonchev–Trinajstić information content (AvgIpc) is 2.79. The number of nitrogens with zero attached hydrogens (tertiary/aromatic N) is 1. The van der Waals surface area contributed by atoms with Crippen LogP contribution < -0.4 is 5.32 Å². The summed E-state index contributed by atoms with van der Waals surface area (Å²) in [5, 5.41) is 2.74. The first-order valence-corrected chi connectivity index (χ1v) is 12.5. The van der Waals surface area contributed by atoms with E-state index in [1.807, 2.05) is 20.8 Å². The van der Waals surface area contributed by atoms with Gasteiger partial charge in [-0.2, -0.15) is 4.31 Å². The van der Waals surface area contributed by atoms with Crippen molar-refractivity contribution < 1.29 is 27.5 Å². The predicted octanol–water partition coefficient (Wildman–Crippen LogP) is 3.69. The molecule has 2 unspecified atom stereocenters. The lowest BCUT2D eigenvalue weighted by Crippen LogP contribution is -2.48. The van der Waals surface area contributed by atoms with Crippen LogP contribution in [0.4, 0.5) is 5.69 Å². The number of sulfonamides is 1. The molecule has 9 heteroatoms. The maximum Gasteiger partial charge on any atom is 0.338 e. The molecule has 0 aliphatic carbocycles. The number of unbranched alkanes of at least 4 members (excludes halogenated alkanes) is 1. The van der Waals surface area contributed by atoms with Gasteiger partial charge >= 0.3 is 5.97 Å². The summed E-state index contributed by atoms with van der Waals surface area (Å²) in [4.78, 5) is 24.7. The Labute approximate surface area is 194 Å². The molecule has 1 amide bonds. The van der Waals surface area contributed by atoms with Crippen LogP contribution in [0.1, 0.15) is 54.3 Å². The van der Waals surface area contributed by atoms with Gasteiger partial charge in [0, 0.05) is 24.3 Å². The molecule has 1 N–H and O–H groups in total. The highest BCUT2D eigenvalue weighted by Gasteiger charge is 2.32. The number of nitrogens with one attached hydrogen (secondary N) is 1. The second kappa shape index (κ2) is 10.9. The molecule has 2 aromatic rings. The molecule has 8 nitrogen and oxygen atoms in total. The third-order valence-corrected chi connectivity index (χ3v) is 7.10. The fourth-order valence-corrected chi connectivity index (χ4v) is 5.13. The number of carbonyl (C=O) groups excluding carboxylic acids is 2. The topological polar surface area (TPSA) is 102 Å². The number of anilines is 1. The van der Waals surface area contributed by atoms with Crippen molar-refractivity contribution in [1.82, 2.24) is 4.31 Å². The first-order chi connectivity index (χ1) is 15.7. The van der Waals surface area contributed by atoms with Gasteiger partial charge < -0.3 is 14.8 Å². The summed E-state index contributed by atoms with van der Waals surface area (Å²) in [5.74, 6) is -0.784. The molecule has 3 rings (SSSR count). The van der Waals surface area contributed by atoms with E-state index in [0.717, 1.165) is 12.8 Å². The molecule has 1 saturated heterocycles. The van der Waals surface area contributed by atoms with Crippen LogP contribution in [0.3, 0.4) is 0 Å². The van der Waals surface area contributed by atoms with Gasteiger partial charge in [0.1, 0.15) is 0 Å². The van der Waals surface area contributed by atoms with Crippen LogP contribution in [0.15, 0.2) is 53.4 Å². The van der Waals surface area contributed by atoms with E-state index in [9.17, 15) is 18.0 Å². The lowest BCUT2D eigenvalue weighted by atomic mass is 10.2. The van der Waals surface area contributed by atoms with Crippen molar-refractivity contribution in [3.05, 3.63) is 59.7 Å². The molecular formula is C24H30N2O6S. The number of benzene rings is 2. The summed E-state index contributed by atoms with van der Waals surface area (Å²) in [6, 6.07) is 12.2. The van der Waals surface area contributed by atoms with Crippen molar-refractivity contribution in [2.45, 2.75) is 50.7 Å². The zero-order valence-electron chi connectivity index (χ0n) is 19.1. The lowest BCUT2D eigenvalue weighted by Gasteiger charge is -2.34. The van der Waals surface area contributed by atoms with Crippen LogP contribution in [0, 0.1) is 0 Å². The minimum atomic E-state index is -3.67. The Morgan fingerprint density at radius 2 is 1.58 bits per heavy atom. The Morgan fingerprint density at radius 1 is 1.00 bits per heavy atom. The number of rotatable bonds is 8. The highest BCUT2D eigenvalue weighted by atomic mass is 32.2. The zero-order chi connectivity index (χ0) is 24.0. The number of morpholine rings is 1. The first-order valence-electron chi connectivity index (χ1n) is 11.0.